The van der Waals surface area contributed by atoms with Crippen LogP contribution in [0.3, 0.4) is 0 Å². The van der Waals surface area contributed by atoms with Crippen LogP contribution in [0.15, 0.2) is 94.9 Å². The molecule has 0 spiro atoms. The molecule has 0 aliphatic rings. The van der Waals surface area contributed by atoms with E-state index < -0.39 is 0 Å². The Morgan fingerprint density at radius 1 is 0.239 bits per heavy atom. The number of thiophene rings is 1. The van der Waals surface area contributed by atoms with Gasteiger partial charge in [0.05, 0.1) is 51.0 Å². The first kappa shape index (κ1) is 90.0. The van der Waals surface area contributed by atoms with E-state index in [2.05, 4.69) is 102 Å². The minimum absolute atomic E-state index is 0.635. The number of aliphatic imine (C=N–C) groups is 2. The Morgan fingerprint density at radius 3 is 0.688 bits per heavy atom. The lowest BCUT2D eigenvalue weighted by atomic mass is 10.1. The number of ether oxygens (including phenoxy) is 6. The Morgan fingerprint density at radius 2 is 0.450 bits per heavy atom. The quantitative estimate of drug-likeness (QED) is 0.0268. The molecule has 7 aromatic rings. The first-order valence-electron chi connectivity index (χ1n) is 44.1. The highest BCUT2D eigenvalue weighted by Crippen LogP contribution is 2.46. The van der Waals surface area contributed by atoms with Crippen LogP contribution in [-0.4, -0.2) is 72.5 Å². The zero-order chi connectivity index (χ0) is 76.5. The van der Waals surface area contributed by atoms with E-state index in [4.69, 9.17) is 58.8 Å². The maximum absolute atomic E-state index is 6.71. The third-order valence-corrected chi connectivity index (χ3v) is 23.5. The van der Waals surface area contributed by atoms with Crippen molar-refractivity contribution in [1.82, 2.24) is 20.4 Å². The zero-order valence-corrected chi connectivity index (χ0v) is 71.2. The third-order valence-electron chi connectivity index (χ3n) is 20.5. The largest absolute Gasteiger partial charge is 0.490 e. The maximum Gasteiger partial charge on any atom is 0.203 e. The molecule has 0 bridgehead atoms. The molecule has 3 heterocycles. The molecule has 0 saturated heterocycles. The lowest BCUT2D eigenvalue weighted by Gasteiger charge is -2.18. The molecule has 0 amide bonds. The van der Waals surface area contributed by atoms with E-state index in [9.17, 15) is 0 Å². The van der Waals surface area contributed by atoms with Crippen LogP contribution in [0.5, 0.6) is 34.5 Å². The molecule has 0 atom stereocenters. The van der Waals surface area contributed by atoms with Gasteiger partial charge < -0.3 is 28.4 Å². The number of hydrogen-bond acceptors (Lipinski definition) is 15. The number of aromatic nitrogens is 4. The molecule has 12 nitrogen and oxygen atoms in total. The van der Waals surface area contributed by atoms with E-state index in [1.807, 2.05) is 36.7 Å². The van der Waals surface area contributed by atoms with Crippen molar-refractivity contribution in [2.45, 2.75) is 350 Å². The fraction of sp³-hybridized carbons (Fsp3) is 0.638. The van der Waals surface area contributed by atoms with E-state index >= 15 is 0 Å². The number of rotatable bonds is 68. The summed E-state index contributed by atoms with van der Waals surface area (Å²) in [4.78, 5) is 11.8. The van der Waals surface area contributed by atoms with Crippen molar-refractivity contribution in [1.29, 1.82) is 0 Å². The second-order valence-electron chi connectivity index (χ2n) is 30.2. The molecule has 0 unspecified atom stereocenters. The van der Waals surface area contributed by atoms with Gasteiger partial charge in [0.15, 0.2) is 23.0 Å². The summed E-state index contributed by atoms with van der Waals surface area (Å²) in [5, 5.41) is 22.4. The molecular formula is C94H142N6O6S3. The fourth-order valence-electron chi connectivity index (χ4n) is 13.7. The van der Waals surface area contributed by atoms with Gasteiger partial charge in [-0.05, 0) is 123 Å². The molecule has 0 aliphatic heterocycles. The predicted molar refractivity (Wildman–Crippen MR) is 469 cm³/mol. The van der Waals surface area contributed by atoms with E-state index in [1.54, 1.807) is 34.0 Å². The van der Waals surface area contributed by atoms with E-state index in [0.29, 0.717) is 39.6 Å². The fourth-order valence-corrected chi connectivity index (χ4v) is 16.1. The van der Waals surface area contributed by atoms with Crippen LogP contribution in [0.4, 0.5) is 11.4 Å². The highest BCUT2D eigenvalue weighted by atomic mass is 32.1. The summed E-state index contributed by atoms with van der Waals surface area (Å²) >= 11 is 4.81. The van der Waals surface area contributed by atoms with Crippen LogP contribution in [0.1, 0.15) is 359 Å². The van der Waals surface area contributed by atoms with Gasteiger partial charge in [0.25, 0.3) is 0 Å². The summed E-state index contributed by atoms with van der Waals surface area (Å²) < 4.78 is 40.2. The number of benzene rings is 4. The van der Waals surface area contributed by atoms with Gasteiger partial charge in [-0.15, -0.1) is 31.7 Å². The highest BCUT2D eigenvalue weighted by molar-refractivity contribution is 7.18. The average molecular weight is 1550 g/mol. The van der Waals surface area contributed by atoms with Crippen LogP contribution in [0.2, 0.25) is 0 Å². The van der Waals surface area contributed by atoms with Crippen molar-refractivity contribution >= 4 is 57.8 Å². The molecule has 0 radical (unpaired) electrons. The van der Waals surface area contributed by atoms with Crippen molar-refractivity contribution in [2.24, 2.45) is 9.98 Å². The Balaban J connectivity index is 0.987. The third kappa shape index (κ3) is 37.4. The van der Waals surface area contributed by atoms with Gasteiger partial charge >= 0.3 is 0 Å². The topological polar surface area (TPSA) is 132 Å². The standard InChI is InChI=1S/C94H142N6O6S3/c1-7-13-19-25-31-37-43-49-65-101-85-71-79(72-86(102-66-50-44-38-32-26-20-14-8-2)89(85)105-69-53-47-41-35-29-23-17-11-5)93-99-97-91(108-93)77-55-59-81(60-56-77)95-75-83-63-64-84(107-83)76-96-82-61-57-78(58-62-82)92-98-100-94(109-92)80-73-87(103-67-51-45-39-33-27-21-15-9-3)90(106-70-54-48-42-36-30-24-18-12-6)88(74-80)104-68-52-46-40-34-28-22-16-10-4/h55-64,71-76H,7-54,65-70H2,1-6H3. The van der Waals surface area contributed by atoms with Crippen LogP contribution in [0.25, 0.3) is 42.3 Å². The monoisotopic (exact) mass is 1550 g/mol. The number of nitrogens with zero attached hydrogens (tertiary/aromatic N) is 6. The van der Waals surface area contributed by atoms with Crippen molar-refractivity contribution < 1.29 is 28.4 Å². The van der Waals surface area contributed by atoms with Crippen LogP contribution >= 0.6 is 34.0 Å². The first-order valence-corrected chi connectivity index (χ1v) is 46.6. The van der Waals surface area contributed by atoms with Gasteiger partial charge in [-0.1, -0.05) is 334 Å². The Kier molecular flexibility index (Phi) is 48.5. The molecule has 3 aromatic heterocycles. The molecule has 602 valence electrons. The smallest absolute Gasteiger partial charge is 0.203 e. The van der Waals surface area contributed by atoms with Crippen LogP contribution < -0.4 is 28.4 Å². The number of unbranched alkanes of at least 4 members (excludes halogenated alkanes) is 42. The molecule has 0 saturated carbocycles. The zero-order valence-electron chi connectivity index (χ0n) is 68.8. The molecule has 4 aromatic carbocycles. The minimum Gasteiger partial charge on any atom is -0.490 e. The molecule has 15 heteroatoms. The summed E-state index contributed by atoms with van der Waals surface area (Å²) in [6, 6.07) is 29.1. The van der Waals surface area contributed by atoms with E-state index in [-0.39, 0.29) is 0 Å². The molecule has 0 fully saturated rings. The maximum atomic E-state index is 6.71. The predicted octanol–water partition coefficient (Wildman–Crippen LogP) is 30.7. The second kappa shape index (κ2) is 58.7. The van der Waals surface area contributed by atoms with Crippen molar-refractivity contribution in [3.63, 3.8) is 0 Å². The van der Waals surface area contributed by atoms with Gasteiger partial charge in [0.1, 0.15) is 20.0 Å². The normalized spacial score (nSPS) is 11.7. The number of hydrogen-bond donors (Lipinski definition) is 0. The molecule has 0 N–H and O–H groups in total. The summed E-state index contributed by atoms with van der Waals surface area (Å²) in [5.41, 5.74) is 5.56. The van der Waals surface area contributed by atoms with Crippen molar-refractivity contribution in [3.8, 4) is 76.8 Å². The summed E-state index contributed by atoms with van der Waals surface area (Å²) in [6.45, 7) is 17.5. The van der Waals surface area contributed by atoms with E-state index in [1.165, 1.54) is 231 Å². The second-order valence-corrected chi connectivity index (χ2v) is 33.3. The van der Waals surface area contributed by atoms with Crippen molar-refractivity contribution in [3.05, 3.63) is 94.7 Å². The summed E-state index contributed by atoms with van der Waals surface area (Å²) in [5.74, 6) is 4.40. The van der Waals surface area contributed by atoms with Crippen molar-refractivity contribution in [2.75, 3.05) is 39.6 Å². The summed E-state index contributed by atoms with van der Waals surface area (Å²) in [7, 11) is 0. The lowest BCUT2D eigenvalue weighted by molar-refractivity contribution is 0.234. The molecule has 109 heavy (non-hydrogen) atoms. The molecule has 7 rings (SSSR count). The van der Waals surface area contributed by atoms with Gasteiger partial charge in [-0.25, -0.2) is 0 Å². The Hall–Kier alpha value is -6.16. The summed E-state index contributed by atoms with van der Waals surface area (Å²) in [6.07, 6.45) is 63.7. The lowest BCUT2D eigenvalue weighted by Crippen LogP contribution is -2.06. The van der Waals surface area contributed by atoms with Crippen LogP contribution in [0, 0.1) is 0 Å². The first-order chi connectivity index (χ1) is 53.9. The Labute approximate surface area is 673 Å². The van der Waals surface area contributed by atoms with Gasteiger partial charge in [-0.2, -0.15) is 0 Å². The molecule has 0 aliphatic carbocycles. The van der Waals surface area contributed by atoms with Gasteiger partial charge in [0.2, 0.25) is 11.5 Å². The average Bonchev–Trinajstić information content (AvgIpc) is 1.79. The van der Waals surface area contributed by atoms with Crippen LogP contribution in [-0.2, 0) is 0 Å². The minimum atomic E-state index is 0.635. The van der Waals surface area contributed by atoms with Gasteiger partial charge in [0, 0.05) is 44.4 Å². The molecular weight excluding hydrogens is 1410 g/mol. The Bertz CT molecular complexity index is 3160. The van der Waals surface area contributed by atoms with E-state index in [0.717, 1.165) is 175 Å². The SMILES string of the molecule is CCCCCCCCCCOc1cc(-c2nnc(-c3ccc(N=Cc4ccc(C=Nc5ccc(-c6nnc(-c7cc(OCCCCCCCCCC)c(OCCCCCCCCCC)c(OCCCCCCCCCC)c7)s6)cc5)s4)cc3)s2)cc(OCCCCCCCCCC)c1OCCCCCCCCCC. The van der Waals surface area contributed by atoms with Gasteiger partial charge in [-0.3, -0.25) is 9.98 Å². The highest BCUT2D eigenvalue weighted by Gasteiger charge is 2.22.